The second-order valence-electron chi connectivity index (χ2n) is 10.3. The van der Waals surface area contributed by atoms with Gasteiger partial charge in [-0.15, -0.1) is 0 Å². The van der Waals surface area contributed by atoms with Crippen LogP contribution in [0.25, 0.3) is 11.3 Å². The number of anilines is 2. The van der Waals surface area contributed by atoms with Crippen molar-refractivity contribution in [2.45, 2.75) is 46.1 Å². The lowest BCUT2D eigenvalue weighted by atomic mass is 10.1. The summed E-state index contributed by atoms with van der Waals surface area (Å²) in [5.74, 6) is -0.680. The van der Waals surface area contributed by atoms with Gasteiger partial charge in [-0.25, -0.2) is 4.98 Å². The minimum Gasteiger partial charge on any atom is -0.507 e. The Bertz CT molecular complexity index is 1630. The average Bonchev–Trinajstić information content (AvgIpc) is 2.94. The number of rotatable bonds is 12. The summed E-state index contributed by atoms with van der Waals surface area (Å²) >= 11 is 0. The number of nitrogen functional groups attached to an aromatic ring is 2. The quantitative estimate of drug-likeness (QED) is 0.0773. The maximum Gasteiger partial charge on any atom is 0.294 e. The molecule has 11 nitrogen and oxygen atoms in total. The van der Waals surface area contributed by atoms with Crippen LogP contribution >= 0.6 is 0 Å². The number of hydrogen-bond acceptors (Lipinski definition) is 8. The molecule has 0 aliphatic heterocycles. The highest BCUT2D eigenvalue weighted by atomic mass is 16.3. The second kappa shape index (κ2) is 13.5. The van der Waals surface area contributed by atoms with Gasteiger partial charge in [0.05, 0.1) is 17.5 Å². The molecule has 1 heterocycles. The van der Waals surface area contributed by atoms with Crippen molar-refractivity contribution < 1.29 is 9.90 Å². The first-order valence-electron chi connectivity index (χ1n) is 13.5. The first-order chi connectivity index (χ1) is 20.1. The number of carbonyl (C=O) groups excluding carboxylic acids is 1. The summed E-state index contributed by atoms with van der Waals surface area (Å²) < 4.78 is 1.37. The molecule has 4 aromatic rings. The lowest BCUT2D eigenvalue weighted by Gasteiger charge is -2.17. The van der Waals surface area contributed by atoms with E-state index in [1.54, 1.807) is 18.3 Å². The first kappa shape index (κ1) is 29.8. The Morgan fingerprint density at radius 1 is 1.00 bits per heavy atom. The maximum atomic E-state index is 13.5. The molecule has 0 saturated carbocycles. The maximum absolute atomic E-state index is 13.5. The van der Waals surface area contributed by atoms with E-state index in [0.717, 1.165) is 11.1 Å². The van der Waals surface area contributed by atoms with Crippen molar-refractivity contribution >= 4 is 23.2 Å². The number of hydrogen-bond donors (Lipinski definition) is 7. The van der Waals surface area contributed by atoms with E-state index >= 15 is 0 Å². The van der Waals surface area contributed by atoms with E-state index in [1.807, 2.05) is 56.3 Å². The molecule has 3 aromatic carbocycles. The predicted octanol–water partition coefficient (Wildman–Crippen LogP) is 2.91. The molecule has 0 unspecified atom stereocenters. The van der Waals surface area contributed by atoms with Gasteiger partial charge in [-0.2, -0.15) is 0 Å². The molecule has 1 amide bonds. The van der Waals surface area contributed by atoms with Crippen LogP contribution in [0.4, 0.5) is 11.5 Å². The summed E-state index contributed by atoms with van der Waals surface area (Å²) in [6.45, 7) is 4.86. The topological polar surface area (TPSA) is 184 Å². The third kappa shape index (κ3) is 7.73. The number of nitrogens with one attached hydrogen (secondary N) is 4. The molecule has 0 spiro atoms. The van der Waals surface area contributed by atoms with Crippen LogP contribution in [0.2, 0.25) is 0 Å². The molecule has 0 fully saturated rings. The Kier molecular flexibility index (Phi) is 9.56. The molecule has 1 aromatic heterocycles. The van der Waals surface area contributed by atoms with Crippen molar-refractivity contribution in [3.63, 3.8) is 0 Å². The van der Waals surface area contributed by atoms with E-state index in [0.29, 0.717) is 35.6 Å². The van der Waals surface area contributed by atoms with Crippen LogP contribution in [-0.4, -0.2) is 32.4 Å². The zero-order valence-electron chi connectivity index (χ0n) is 23.6. The number of nitrogens with two attached hydrogens (primary N) is 2. The third-order valence-corrected chi connectivity index (χ3v) is 6.44. The number of carbonyl (C=O) groups is 1. The molecule has 42 heavy (non-hydrogen) atoms. The number of benzene rings is 3. The fourth-order valence-corrected chi connectivity index (χ4v) is 4.48. The van der Waals surface area contributed by atoms with E-state index in [4.69, 9.17) is 16.9 Å². The van der Waals surface area contributed by atoms with Crippen molar-refractivity contribution in [1.82, 2.24) is 20.2 Å². The Balaban J connectivity index is 1.57. The van der Waals surface area contributed by atoms with E-state index in [2.05, 4.69) is 20.9 Å². The molecule has 218 valence electrons. The highest BCUT2D eigenvalue weighted by molar-refractivity contribution is 5.97. The van der Waals surface area contributed by atoms with Crippen LogP contribution in [-0.2, 0) is 31.0 Å². The van der Waals surface area contributed by atoms with Gasteiger partial charge in [-0.3, -0.25) is 19.6 Å². The highest BCUT2D eigenvalue weighted by Gasteiger charge is 2.17. The smallest absolute Gasteiger partial charge is 0.294 e. The molecule has 0 bridgehead atoms. The standard InChI is InChI=1S/C31H36N8O3/c1-19(2)38-30-31(42)39(18-28(41)36-16-21-8-9-25(29(33)34)27(40)12-21)26(17-37-30)23-10-22(11-24(32)13-23)15-35-14-20-6-4-3-5-7-20/h3-13,17,19,35,40H,14-16,18,32H2,1-2H3,(H3,33,34)(H,36,41)(H,37,38). The van der Waals surface area contributed by atoms with Gasteiger partial charge in [-0.05, 0) is 60.9 Å². The number of aromatic nitrogens is 2. The number of nitrogens with zero attached hydrogens (tertiary/aromatic N) is 2. The van der Waals surface area contributed by atoms with E-state index in [-0.39, 0.29) is 42.1 Å². The average molecular weight is 569 g/mol. The summed E-state index contributed by atoms with van der Waals surface area (Å²) in [5, 5.41) is 26.9. The van der Waals surface area contributed by atoms with Gasteiger partial charge in [0.15, 0.2) is 5.82 Å². The fraction of sp³-hybridized carbons (Fsp3) is 0.226. The Morgan fingerprint density at radius 2 is 1.74 bits per heavy atom. The number of phenolic OH excluding ortho intramolecular Hbond substituents is 1. The van der Waals surface area contributed by atoms with Crippen molar-refractivity contribution in [3.05, 3.63) is 106 Å². The van der Waals surface area contributed by atoms with E-state index in [1.165, 1.54) is 16.7 Å². The number of amides is 1. The van der Waals surface area contributed by atoms with Gasteiger partial charge in [0.25, 0.3) is 5.56 Å². The third-order valence-electron chi connectivity index (χ3n) is 6.44. The summed E-state index contributed by atoms with van der Waals surface area (Å²) in [6, 6.07) is 20.2. The molecule has 4 rings (SSSR count). The number of aromatic hydroxyl groups is 1. The van der Waals surface area contributed by atoms with Gasteiger partial charge in [-0.1, -0.05) is 36.4 Å². The molecule has 11 heteroatoms. The lowest BCUT2D eigenvalue weighted by molar-refractivity contribution is -0.121. The SMILES string of the molecule is CC(C)Nc1ncc(-c2cc(N)cc(CNCc3ccccc3)c2)n(CC(=O)NCc2ccc(C(=N)N)c(O)c2)c1=O. The summed E-state index contributed by atoms with van der Waals surface area (Å²) in [6.07, 6.45) is 1.56. The van der Waals surface area contributed by atoms with Crippen LogP contribution in [0.15, 0.2) is 77.7 Å². The van der Waals surface area contributed by atoms with E-state index in [9.17, 15) is 14.7 Å². The van der Waals surface area contributed by atoms with Crippen molar-refractivity contribution in [2.24, 2.45) is 5.73 Å². The van der Waals surface area contributed by atoms with Gasteiger partial charge in [0, 0.05) is 36.9 Å². The Labute approximate surface area is 244 Å². The molecule has 0 atom stereocenters. The zero-order chi connectivity index (χ0) is 30.2. The van der Waals surface area contributed by atoms with Crippen LogP contribution < -0.4 is 33.0 Å². The Hall–Kier alpha value is -5.16. The molecule has 9 N–H and O–H groups in total. The minimum absolute atomic E-state index is 0.0429. The van der Waals surface area contributed by atoms with Crippen LogP contribution in [0, 0.1) is 5.41 Å². The molecule has 0 saturated heterocycles. The summed E-state index contributed by atoms with van der Waals surface area (Å²) in [4.78, 5) is 30.9. The van der Waals surface area contributed by atoms with Gasteiger partial charge >= 0.3 is 0 Å². The molecule has 0 aliphatic rings. The summed E-state index contributed by atoms with van der Waals surface area (Å²) in [7, 11) is 0. The first-order valence-corrected chi connectivity index (χ1v) is 13.5. The lowest BCUT2D eigenvalue weighted by Crippen LogP contribution is -2.35. The van der Waals surface area contributed by atoms with E-state index < -0.39 is 11.5 Å². The van der Waals surface area contributed by atoms with Crippen LogP contribution in [0.1, 0.15) is 36.1 Å². The normalized spacial score (nSPS) is 10.9. The molecular weight excluding hydrogens is 532 g/mol. The predicted molar refractivity (Wildman–Crippen MR) is 165 cm³/mol. The molecule has 0 radical (unpaired) electrons. The zero-order valence-corrected chi connectivity index (χ0v) is 23.6. The second-order valence-corrected chi connectivity index (χ2v) is 10.3. The van der Waals surface area contributed by atoms with Gasteiger partial charge in [0.1, 0.15) is 18.1 Å². The fourth-order valence-electron chi connectivity index (χ4n) is 4.48. The number of amidine groups is 1. The minimum atomic E-state index is -0.439. The molecule has 0 aliphatic carbocycles. The van der Waals surface area contributed by atoms with Crippen molar-refractivity contribution in [3.8, 4) is 17.0 Å². The Morgan fingerprint density at radius 3 is 2.43 bits per heavy atom. The van der Waals surface area contributed by atoms with Gasteiger partial charge < -0.3 is 32.5 Å². The van der Waals surface area contributed by atoms with Crippen LogP contribution in [0.3, 0.4) is 0 Å². The van der Waals surface area contributed by atoms with Gasteiger partial charge in [0.2, 0.25) is 5.91 Å². The van der Waals surface area contributed by atoms with Crippen molar-refractivity contribution in [1.29, 1.82) is 5.41 Å². The highest BCUT2D eigenvalue weighted by Crippen LogP contribution is 2.24. The van der Waals surface area contributed by atoms with Crippen molar-refractivity contribution in [2.75, 3.05) is 11.1 Å². The summed E-state index contributed by atoms with van der Waals surface area (Å²) in [5.41, 5.74) is 15.8. The number of phenols is 1. The van der Waals surface area contributed by atoms with Crippen LogP contribution in [0.5, 0.6) is 5.75 Å². The largest absolute Gasteiger partial charge is 0.507 e. The molecular formula is C31H36N8O3. The monoisotopic (exact) mass is 568 g/mol.